The summed E-state index contributed by atoms with van der Waals surface area (Å²) in [5, 5.41) is 0. The average Bonchev–Trinajstić information content (AvgIpc) is 3.07. The van der Waals surface area contributed by atoms with E-state index >= 15 is 0 Å². The van der Waals surface area contributed by atoms with Crippen LogP contribution in [0.5, 0.6) is 5.75 Å². The third kappa shape index (κ3) is 5.56. The van der Waals surface area contributed by atoms with Gasteiger partial charge in [-0.1, -0.05) is 37.6 Å². The lowest BCUT2D eigenvalue weighted by Gasteiger charge is -2.29. The van der Waals surface area contributed by atoms with Crippen molar-refractivity contribution in [1.29, 1.82) is 0 Å². The van der Waals surface area contributed by atoms with Gasteiger partial charge in [-0.25, -0.2) is 12.8 Å². The first kappa shape index (κ1) is 21.3. The Balaban J connectivity index is 1.86. The Morgan fingerprint density at radius 3 is 2.69 bits per heavy atom. The molecule has 0 spiro atoms. The molecule has 1 atom stereocenters. The predicted octanol–water partition coefficient (Wildman–Crippen LogP) is 3.83. The van der Waals surface area contributed by atoms with Crippen molar-refractivity contribution in [3.8, 4) is 5.75 Å². The average molecular weight is 420 g/mol. The summed E-state index contributed by atoms with van der Waals surface area (Å²) in [6, 6.07) is 12.6. The van der Waals surface area contributed by atoms with Crippen LogP contribution in [0.25, 0.3) is 0 Å². The van der Waals surface area contributed by atoms with E-state index in [9.17, 15) is 17.6 Å². The summed E-state index contributed by atoms with van der Waals surface area (Å²) in [5.74, 6) is -0.202. The van der Waals surface area contributed by atoms with Crippen molar-refractivity contribution in [2.45, 2.75) is 38.8 Å². The molecule has 0 unspecified atom stereocenters. The van der Waals surface area contributed by atoms with Crippen molar-refractivity contribution in [3.05, 3.63) is 65.5 Å². The zero-order valence-electron chi connectivity index (χ0n) is 16.5. The maximum absolute atomic E-state index is 14.2. The van der Waals surface area contributed by atoms with Gasteiger partial charge in [0.2, 0.25) is 0 Å². The summed E-state index contributed by atoms with van der Waals surface area (Å²) in [6.45, 7) is 2.65. The van der Waals surface area contributed by atoms with Gasteiger partial charge in [0, 0.05) is 23.7 Å². The number of unbranched alkanes of at least 4 members (excludes halogenated alkanes) is 1. The maximum Gasteiger partial charge on any atom is 0.254 e. The van der Waals surface area contributed by atoms with Crippen molar-refractivity contribution >= 4 is 15.7 Å². The largest absolute Gasteiger partial charge is 0.494 e. The van der Waals surface area contributed by atoms with Crippen molar-refractivity contribution in [1.82, 2.24) is 4.90 Å². The van der Waals surface area contributed by atoms with Gasteiger partial charge in [-0.15, -0.1) is 0 Å². The summed E-state index contributed by atoms with van der Waals surface area (Å²) in [4.78, 5) is 14.8. The minimum atomic E-state index is -3.19. The van der Waals surface area contributed by atoms with Crippen LogP contribution >= 0.6 is 0 Å². The van der Waals surface area contributed by atoms with Crippen LogP contribution in [-0.2, 0) is 16.4 Å². The lowest BCUT2D eigenvalue weighted by Crippen LogP contribution is -2.40. The summed E-state index contributed by atoms with van der Waals surface area (Å²) in [5.41, 5.74) is 0.764. The van der Waals surface area contributed by atoms with Crippen molar-refractivity contribution in [2.75, 3.05) is 18.1 Å². The Bertz CT molecular complexity index is 961. The third-order valence-electron chi connectivity index (χ3n) is 5.06. The van der Waals surface area contributed by atoms with Gasteiger partial charge in [0.25, 0.3) is 5.91 Å². The summed E-state index contributed by atoms with van der Waals surface area (Å²) in [6.07, 6.45) is 2.28. The molecule has 1 heterocycles. The van der Waals surface area contributed by atoms with Crippen LogP contribution < -0.4 is 4.74 Å². The number of amides is 1. The van der Waals surface area contributed by atoms with Gasteiger partial charge >= 0.3 is 0 Å². The highest BCUT2D eigenvalue weighted by Crippen LogP contribution is 2.24. The number of hydrogen-bond donors (Lipinski definition) is 0. The molecule has 0 N–H and O–H groups in total. The first-order chi connectivity index (χ1) is 13.9. The molecule has 1 aliphatic heterocycles. The highest BCUT2D eigenvalue weighted by molar-refractivity contribution is 7.91. The maximum atomic E-state index is 14.2. The van der Waals surface area contributed by atoms with Crippen molar-refractivity contribution < 1.29 is 22.3 Å². The molecular formula is C22H26FNO4S. The highest BCUT2D eigenvalue weighted by Gasteiger charge is 2.35. The molecule has 0 bridgehead atoms. The fourth-order valence-electron chi connectivity index (χ4n) is 3.42. The van der Waals surface area contributed by atoms with Crippen LogP contribution in [0.2, 0.25) is 0 Å². The second kappa shape index (κ2) is 9.39. The molecule has 0 radical (unpaired) electrons. The number of sulfone groups is 1. The van der Waals surface area contributed by atoms with Gasteiger partial charge in [-0.2, -0.15) is 0 Å². The summed E-state index contributed by atoms with van der Waals surface area (Å²) >= 11 is 0. The number of halogens is 1. The van der Waals surface area contributed by atoms with E-state index in [4.69, 9.17) is 4.74 Å². The zero-order chi connectivity index (χ0) is 20.9. The second-order valence-corrected chi connectivity index (χ2v) is 9.54. The lowest BCUT2D eigenvalue weighted by atomic mass is 10.1. The van der Waals surface area contributed by atoms with E-state index in [1.54, 1.807) is 42.5 Å². The quantitative estimate of drug-likeness (QED) is 0.610. The molecule has 1 aliphatic rings. The number of nitrogens with zero attached hydrogens (tertiary/aromatic N) is 1. The fraction of sp³-hybridized carbons (Fsp3) is 0.409. The van der Waals surface area contributed by atoms with Crippen LogP contribution in [0, 0.1) is 5.82 Å². The number of rotatable bonds is 8. The Kier molecular flexibility index (Phi) is 6.90. The number of carbonyl (C=O) groups is 1. The summed E-state index contributed by atoms with van der Waals surface area (Å²) < 4.78 is 43.9. The van der Waals surface area contributed by atoms with Gasteiger partial charge in [-0.05, 0) is 37.1 Å². The standard InChI is InChI=1S/C22H26FNO4S/c1-2-3-12-28-20-9-6-8-17(14-20)22(25)24(19-11-13-29(26,27)16-19)15-18-7-4-5-10-21(18)23/h4-10,14,19H,2-3,11-13,15-16H2,1H3/t19-/m0/s1. The topological polar surface area (TPSA) is 63.7 Å². The fourth-order valence-corrected chi connectivity index (χ4v) is 5.15. The van der Waals surface area contributed by atoms with Crippen LogP contribution in [0.4, 0.5) is 4.39 Å². The van der Waals surface area contributed by atoms with E-state index in [1.807, 2.05) is 0 Å². The molecule has 7 heteroatoms. The molecule has 5 nitrogen and oxygen atoms in total. The van der Waals surface area contributed by atoms with E-state index in [1.165, 1.54) is 11.0 Å². The van der Waals surface area contributed by atoms with Gasteiger partial charge in [-0.3, -0.25) is 4.79 Å². The van der Waals surface area contributed by atoms with E-state index in [0.717, 1.165) is 12.8 Å². The molecule has 29 heavy (non-hydrogen) atoms. The smallest absolute Gasteiger partial charge is 0.254 e. The number of hydrogen-bond acceptors (Lipinski definition) is 4. The van der Waals surface area contributed by atoms with Gasteiger partial charge in [0.15, 0.2) is 9.84 Å². The molecule has 3 rings (SSSR count). The van der Waals surface area contributed by atoms with Crippen LogP contribution in [-0.4, -0.2) is 43.4 Å². The Morgan fingerprint density at radius 2 is 2.00 bits per heavy atom. The van der Waals surface area contributed by atoms with Gasteiger partial charge < -0.3 is 9.64 Å². The van der Waals surface area contributed by atoms with E-state index in [2.05, 4.69) is 6.92 Å². The molecule has 2 aromatic carbocycles. The van der Waals surface area contributed by atoms with Gasteiger partial charge in [0.05, 0.1) is 18.1 Å². The molecule has 1 fully saturated rings. The van der Waals surface area contributed by atoms with Crippen molar-refractivity contribution in [3.63, 3.8) is 0 Å². The molecule has 1 saturated heterocycles. The second-order valence-electron chi connectivity index (χ2n) is 7.31. The van der Waals surface area contributed by atoms with Gasteiger partial charge in [0.1, 0.15) is 11.6 Å². The first-order valence-corrected chi connectivity index (χ1v) is 11.7. The zero-order valence-corrected chi connectivity index (χ0v) is 17.3. The first-order valence-electron chi connectivity index (χ1n) is 9.87. The summed E-state index contributed by atoms with van der Waals surface area (Å²) in [7, 11) is -3.19. The molecule has 0 saturated carbocycles. The minimum absolute atomic E-state index is 0.0204. The van der Waals surface area contributed by atoms with Crippen molar-refractivity contribution in [2.24, 2.45) is 0 Å². The SMILES string of the molecule is CCCCOc1cccc(C(=O)N(Cc2ccccc2F)[C@H]2CCS(=O)(=O)C2)c1. The lowest BCUT2D eigenvalue weighted by molar-refractivity contribution is 0.0678. The molecule has 0 aromatic heterocycles. The molecule has 156 valence electrons. The van der Waals surface area contributed by atoms with E-state index < -0.39 is 21.7 Å². The predicted molar refractivity (Wildman–Crippen MR) is 110 cm³/mol. The Hall–Kier alpha value is -2.41. The molecule has 2 aromatic rings. The highest BCUT2D eigenvalue weighted by atomic mass is 32.2. The molecule has 0 aliphatic carbocycles. The number of carbonyl (C=O) groups excluding carboxylic acids is 1. The molecular weight excluding hydrogens is 393 g/mol. The number of ether oxygens (including phenoxy) is 1. The third-order valence-corrected chi connectivity index (χ3v) is 6.81. The van der Waals surface area contributed by atoms with Crippen LogP contribution in [0.1, 0.15) is 42.1 Å². The van der Waals surface area contributed by atoms with E-state index in [0.29, 0.717) is 29.9 Å². The van der Waals surface area contributed by atoms with Crippen LogP contribution in [0.3, 0.4) is 0 Å². The normalized spacial score (nSPS) is 17.8. The number of benzene rings is 2. The monoisotopic (exact) mass is 419 g/mol. The Morgan fingerprint density at radius 1 is 1.21 bits per heavy atom. The molecule has 1 amide bonds. The Labute approximate surface area is 171 Å². The minimum Gasteiger partial charge on any atom is -0.494 e. The van der Waals surface area contributed by atoms with Crippen LogP contribution in [0.15, 0.2) is 48.5 Å². The van der Waals surface area contributed by atoms with E-state index in [-0.39, 0.29) is 24.0 Å².